The zero-order chi connectivity index (χ0) is 15.1. The molecule has 0 fully saturated rings. The van der Waals surface area contributed by atoms with E-state index < -0.39 is 0 Å². The van der Waals surface area contributed by atoms with Crippen LogP contribution in [0.1, 0.15) is 86.5 Å². The maximum absolute atomic E-state index is 4.52. The van der Waals surface area contributed by atoms with E-state index >= 15 is 0 Å². The summed E-state index contributed by atoms with van der Waals surface area (Å²) in [6, 6.07) is 0. The van der Waals surface area contributed by atoms with Crippen LogP contribution in [0, 0.1) is 0 Å². The Kier molecular flexibility index (Phi) is 4.19. The van der Waals surface area contributed by atoms with Crippen LogP contribution in [0.2, 0.25) is 0 Å². The van der Waals surface area contributed by atoms with Crippen LogP contribution in [-0.2, 0) is 16.4 Å². The molecular weight excluding hydrogens is 234 g/mol. The van der Waals surface area contributed by atoms with Gasteiger partial charge in [0.25, 0.3) is 0 Å². The zero-order valence-electron chi connectivity index (χ0n) is 14.3. The molecule has 0 unspecified atom stereocenters. The number of hydrogen-bond donors (Lipinski definition) is 0. The van der Waals surface area contributed by atoms with Gasteiger partial charge in [-0.3, -0.25) is 0 Å². The Balaban J connectivity index is 3.48. The average molecular weight is 265 g/mol. The van der Waals surface area contributed by atoms with Gasteiger partial charge >= 0.3 is 0 Å². The van der Waals surface area contributed by atoms with Gasteiger partial charge in [-0.25, -0.2) is 4.68 Å². The van der Waals surface area contributed by atoms with E-state index in [0.717, 1.165) is 18.5 Å². The Morgan fingerprint density at radius 1 is 0.895 bits per heavy atom. The van der Waals surface area contributed by atoms with Gasteiger partial charge in [0.2, 0.25) is 0 Å². The van der Waals surface area contributed by atoms with Crippen LogP contribution in [0.4, 0.5) is 0 Å². The van der Waals surface area contributed by atoms with Gasteiger partial charge in [0, 0.05) is 10.8 Å². The summed E-state index contributed by atoms with van der Waals surface area (Å²) in [5.74, 6) is 0. The van der Waals surface area contributed by atoms with Gasteiger partial charge in [0.1, 0.15) is 0 Å². The van der Waals surface area contributed by atoms with E-state index in [1.54, 1.807) is 0 Å². The molecular formula is C16H31N3. The minimum Gasteiger partial charge on any atom is -0.243 e. The van der Waals surface area contributed by atoms with Gasteiger partial charge in [-0.05, 0) is 20.3 Å². The van der Waals surface area contributed by atoms with E-state index in [2.05, 4.69) is 77.3 Å². The highest BCUT2D eigenvalue weighted by atomic mass is 15.5. The van der Waals surface area contributed by atoms with Crippen LogP contribution in [0.5, 0.6) is 0 Å². The third-order valence-corrected chi connectivity index (χ3v) is 3.53. The van der Waals surface area contributed by atoms with Crippen LogP contribution in [0.15, 0.2) is 0 Å². The summed E-state index contributed by atoms with van der Waals surface area (Å²) in [6.07, 6.45) is 2.27. The third kappa shape index (κ3) is 3.37. The van der Waals surface area contributed by atoms with E-state index in [9.17, 15) is 0 Å². The van der Waals surface area contributed by atoms with Crippen molar-refractivity contribution < 1.29 is 0 Å². The smallest absolute Gasteiger partial charge is 0.0918 e. The van der Waals surface area contributed by atoms with Gasteiger partial charge in [-0.15, -0.1) is 5.10 Å². The van der Waals surface area contributed by atoms with Gasteiger partial charge in [0.15, 0.2) is 0 Å². The molecule has 0 aromatic carbocycles. The Labute approximate surface area is 118 Å². The highest BCUT2D eigenvalue weighted by Gasteiger charge is 2.35. The number of hydrogen-bond acceptors (Lipinski definition) is 2. The lowest BCUT2D eigenvalue weighted by molar-refractivity contribution is 0.264. The molecule has 110 valence electrons. The maximum Gasteiger partial charge on any atom is 0.0918 e. The SMILES string of the molecule is CCCC(C)(C)n1nnc(C(C)(C)C)c1C(C)(C)C. The molecule has 0 amide bonds. The quantitative estimate of drug-likeness (QED) is 0.810. The van der Waals surface area contributed by atoms with E-state index in [0.29, 0.717) is 0 Å². The van der Waals surface area contributed by atoms with Crippen LogP contribution in [-0.4, -0.2) is 15.0 Å². The molecule has 0 N–H and O–H groups in total. The summed E-state index contributed by atoms with van der Waals surface area (Å²) >= 11 is 0. The van der Waals surface area contributed by atoms with Gasteiger partial charge in [-0.1, -0.05) is 60.1 Å². The van der Waals surface area contributed by atoms with Gasteiger partial charge in [0.05, 0.1) is 16.9 Å². The van der Waals surface area contributed by atoms with Crippen LogP contribution in [0.25, 0.3) is 0 Å². The standard InChI is InChI=1S/C16H31N3/c1-10-11-16(8,9)19-13(15(5,6)7)12(17-18-19)14(2,3)4/h10-11H2,1-9H3. The van der Waals surface area contributed by atoms with Crippen molar-refractivity contribution in [2.45, 2.75) is 91.5 Å². The normalized spacial score (nSPS) is 13.9. The molecule has 1 heterocycles. The molecule has 0 spiro atoms. The Hall–Kier alpha value is -0.860. The average Bonchev–Trinajstić information content (AvgIpc) is 2.59. The second kappa shape index (κ2) is 4.92. The first-order chi connectivity index (χ1) is 8.41. The summed E-state index contributed by atoms with van der Waals surface area (Å²) in [5.41, 5.74) is 2.51. The van der Waals surface area contributed by atoms with E-state index in [1.807, 2.05) is 0 Å². The van der Waals surface area contributed by atoms with Crippen molar-refractivity contribution in [3.05, 3.63) is 11.4 Å². The van der Waals surface area contributed by atoms with Crippen molar-refractivity contribution in [1.82, 2.24) is 15.0 Å². The van der Waals surface area contributed by atoms with Gasteiger partial charge < -0.3 is 0 Å². The van der Waals surface area contributed by atoms with Crippen molar-refractivity contribution in [1.29, 1.82) is 0 Å². The highest BCUT2D eigenvalue weighted by molar-refractivity contribution is 5.26. The summed E-state index contributed by atoms with van der Waals surface area (Å²) < 4.78 is 2.16. The van der Waals surface area contributed by atoms with Crippen molar-refractivity contribution in [2.24, 2.45) is 0 Å². The lowest BCUT2D eigenvalue weighted by atomic mass is 9.81. The monoisotopic (exact) mass is 265 g/mol. The van der Waals surface area contributed by atoms with Crippen LogP contribution in [0.3, 0.4) is 0 Å². The Morgan fingerprint density at radius 2 is 1.42 bits per heavy atom. The molecule has 1 rings (SSSR count). The number of aromatic nitrogens is 3. The van der Waals surface area contributed by atoms with E-state index in [-0.39, 0.29) is 16.4 Å². The summed E-state index contributed by atoms with van der Waals surface area (Å²) in [5, 5.41) is 9.02. The highest BCUT2D eigenvalue weighted by Crippen LogP contribution is 2.35. The minimum atomic E-state index is 0.0217. The first-order valence-corrected chi connectivity index (χ1v) is 7.38. The molecule has 0 aliphatic heterocycles. The van der Waals surface area contributed by atoms with Crippen molar-refractivity contribution in [3.63, 3.8) is 0 Å². The zero-order valence-corrected chi connectivity index (χ0v) is 14.3. The topological polar surface area (TPSA) is 30.7 Å². The Morgan fingerprint density at radius 3 is 1.79 bits per heavy atom. The summed E-state index contributed by atoms with van der Waals surface area (Å²) in [6.45, 7) is 20.1. The lowest BCUT2D eigenvalue weighted by Crippen LogP contribution is -2.34. The molecule has 0 saturated carbocycles. The predicted octanol–water partition coefficient (Wildman–Crippen LogP) is 4.41. The van der Waals surface area contributed by atoms with Crippen molar-refractivity contribution >= 4 is 0 Å². The molecule has 1 aromatic heterocycles. The van der Waals surface area contributed by atoms with Gasteiger partial charge in [-0.2, -0.15) is 0 Å². The van der Waals surface area contributed by atoms with Crippen molar-refractivity contribution in [3.8, 4) is 0 Å². The molecule has 0 aliphatic carbocycles. The maximum atomic E-state index is 4.52. The largest absolute Gasteiger partial charge is 0.243 e. The summed E-state index contributed by atoms with van der Waals surface area (Å²) in [7, 11) is 0. The molecule has 3 nitrogen and oxygen atoms in total. The first kappa shape index (κ1) is 16.2. The third-order valence-electron chi connectivity index (χ3n) is 3.53. The fourth-order valence-corrected chi connectivity index (χ4v) is 2.60. The molecule has 19 heavy (non-hydrogen) atoms. The van der Waals surface area contributed by atoms with Crippen molar-refractivity contribution in [2.75, 3.05) is 0 Å². The first-order valence-electron chi connectivity index (χ1n) is 7.38. The molecule has 0 aliphatic rings. The lowest BCUT2D eigenvalue weighted by Gasteiger charge is -2.32. The molecule has 0 bridgehead atoms. The number of rotatable bonds is 3. The molecule has 3 heteroatoms. The molecule has 0 atom stereocenters. The van der Waals surface area contributed by atoms with Crippen LogP contribution >= 0.6 is 0 Å². The molecule has 0 radical (unpaired) electrons. The molecule has 1 aromatic rings. The van der Waals surface area contributed by atoms with E-state index in [1.165, 1.54) is 5.69 Å². The number of nitrogens with zero attached hydrogens (tertiary/aromatic N) is 3. The fraction of sp³-hybridized carbons (Fsp3) is 0.875. The predicted molar refractivity (Wildman–Crippen MR) is 81.7 cm³/mol. The summed E-state index contributed by atoms with van der Waals surface area (Å²) in [4.78, 5) is 0. The fourth-order valence-electron chi connectivity index (χ4n) is 2.60. The van der Waals surface area contributed by atoms with Crippen LogP contribution < -0.4 is 0 Å². The second-order valence-corrected chi connectivity index (χ2v) is 8.26. The Bertz CT molecular complexity index is 428. The second-order valence-electron chi connectivity index (χ2n) is 8.26. The minimum absolute atomic E-state index is 0.0217. The van der Waals surface area contributed by atoms with E-state index in [4.69, 9.17) is 0 Å². The molecule has 0 saturated heterocycles.